The summed E-state index contributed by atoms with van der Waals surface area (Å²) in [6.07, 6.45) is 0. The van der Waals surface area contributed by atoms with E-state index in [9.17, 15) is 27.7 Å². The predicted molar refractivity (Wildman–Crippen MR) is 91.4 cm³/mol. The van der Waals surface area contributed by atoms with E-state index in [1.807, 2.05) is 0 Å². The number of nitrogens with two attached hydrogens (primary N) is 2. The number of carbonyl (C=O) groups is 1. The van der Waals surface area contributed by atoms with Crippen LogP contribution in [0, 0.1) is 6.92 Å². The molecule has 0 spiro atoms. The van der Waals surface area contributed by atoms with E-state index in [0.29, 0.717) is 0 Å². The lowest BCUT2D eigenvalue weighted by molar-refractivity contribution is 0.0995. The van der Waals surface area contributed by atoms with Gasteiger partial charge in [-0.15, -0.1) is 10.2 Å². The summed E-state index contributed by atoms with van der Waals surface area (Å²) in [5.74, 6) is -1.63. The minimum Gasteiger partial charge on any atom is -0.494 e. The van der Waals surface area contributed by atoms with Gasteiger partial charge in [-0.2, -0.15) is 8.42 Å². The highest BCUT2D eigenvalue weighted by Crippen LogP contribution is 2.30. The van der Waals surface area contributed by atoms with Crippen LogP contribution in [0.25, 0.3) is 0 Å². The number of azo groups is 1. The zero-order valence-corrected chi connectivity index (χ0v) is 14.5. The zero-order chi connectivity index (χ0) is 19.8. The van der Waals surface area contributed by atoms with E-state index < -0.39 is 32.4 Å². The number of nitrogens with zero attached hydrogens (tertiary/aromatic N) is 3. The number of hydrogen-bond donors (Lipinski definition) is 4. The van der Waals surface area contributed by atoms with Crippen molar-refractivity contribution in [2.24, 2.45) is 23.0 Å². The Hall–Kier alpha value is -3.25. The van der Waals surface area contributed by atoms with Gasteiger partial charge in [0.15, 0.2) is 5.69 Å². The summed E-state index contributed by atoms with van der Waals surface area (Å²) >= 11 is 0. The molecule has 0 saturated carbocycles. The molecule has 138 valence electrons. The van der Waals surface area contributed by atoms with E-state index in [0.717, 1.165) is 16.7 Å². The summed E-state index contributed by atoms with van der Waals surface area (Å²) in [5.41, 5.74) is 9.07. The van der Waals surface area contributed by atoms with Crippen LogP contribution in [0.3, 0.4) is 0 Å². The summed E-state index contributed by atoms with van der Waals surface area (Å²) in [7, 11) is -3.43. The van der Waals surface area contributed by atoms with Crippen LogP contribution in [0.1, 0.15) is 15.9 Å². The van der Waals surface area contributed by atoms with E-state index in [1.54, 1.807) is 0 Å². The molecule has 1 amide bonds. The number of aromatic nitrogens is 1. The molecule has 1 heterocycles. The molecule has 0 unspecified atom stereocenters. The van der Waals surface area contributed by atoms with E-state index in [-0.39, 0.29) is 28.2 Å². The van der Waals surface area contributed by atoms with Crippen molar-refractivity contribution in [3.8, 4) is 5.88 Å². The Morgan fingerprint density at radius 2 is 1.88 bits per heavy atom. The monoisotopic (exact) mass is 381 g/mol. The Balaban J connectivity index is 2.73. The lowest BCUT2D eigenvalue weighted by Crippen LogP contribution is -2.23. The fourth-order valence-electron chi connectivity index (χ4n) is 2.22. The second kappa shape index (κ2) is 6.57. The molecule has 12 heteroatoms. The third-order valence-corrected chi connectivity index (χ3v) is 4.44. The third kappa shape index (κ3) is 3.41. The minimum atomic E-state index is -4.62. The molecule has 2 rings (SSSR count). The molecular weight excluding hydrogens is 366 g/mol. The Labute approximate surface area is 147 Å². The average Bonchev–Trinajstić information content (AvgIpc) is 2.51. The molecule has 11 nitrogen and oxygen atoms in total. The number of nitrogen functional groups attached to an aromatic ring is 1. The fraction of sp³-hybridized carbons (Fsp3) is 0.143. The lowest BCUT2D eigenvalue weighted by atomic mass is 10.1. The topological polar surface area (TPSA) is 190 Å². The first kappa shape index (κ1) is 19.1. The smallest absolute Gasteiger partial charge is 0.296 e. The van der Waals surface area contributed by atoms with Gasteiger partial charge in [-0.05, 0) is 25.1 Å². The molecule has 0 bridgehead atoms. The van der Waals surface area contributed by atoms with Crippen LogP contribution in [0.2, 0.25) is 0 Å². The van der Waals surface area contributed by atoms with E-state index in [1.165, 1.54) is 20.0 Å². The summed E-state index contributed by atoms with van der Waals surface area (Å²) in [6, 6.07) is 3.38. The number of carbonyl (C=O) groups excluding carboxylic acids is 1. The van der Waals surface area contributed by atoms with E-state index in [4.69, 9.17) is 11.5 Å². The fourth-order valence-corrected chi connectivity index (χ4v) is 2.82. The van der Waals surface area contributed by atoms with Gasteiger partial charge in [0.25, 0.3) is 21.6 Å². The highest BCUT2D eigenvalue weighted by molar-refractivity contribution is 7.86. The van der Waals surface area contributed by atoms with Gasteiger partial charge in [0.2, 0.25) is 5.88 Å². The van der Waals surface area contributed by atoms with Crippen molar-refractivity contribution in [2.45, 2.75) is 11.8 Å². The zero-order valence-electron chi connectivity index (χ0n) is 13.7. The maximum absolute atomic E-state index is 12.3. The van der Waals surface area contributed by atoms with Gasteiger partial charge in [0, 0.05) is 18.3 Å². The van der Waals surface area contributed by atoms with Gasteiger partial charge >= 0.3 is 0 Å². The van der Waals surface area contributed by atoms with Gasteiger partial charge in [0.05, 0.1) is 0 Å². The molecule has 0 aliphatic rings. The van der Waals surface area contributed by atoms with Gasteiger partial charge in [-0.1, -0.05) is 0 Å². The van der Waals surface area contributed by atoms with Crippen LogP contribution in [0.4, 0.5) is 17.1 Å². The molecule has 1 aromatic heterocycles. The first-order valence-electron chi connectivity index (χ1n) is 6.96. The summed E-state index contributed by atoms with van der Waals surface area (Å²) < 4.78 is 32.8. The number of aromatic hydroxyl groups is 1. The quantitative estimate of drug-likeness (QED) is 0.341. The molecular formula is C14H15N5O6S. The number of rotatable bonds is 4. The Morgan fingerprint density at radius 3 is 2.42 bits per heavy atom. The Morgan fingerprint density at radius 1 is 1.27 bits per heavy atom. The molecule has 0 atom stereocenters. The minimum absolute atomic E-state index is 0.0424. The number of hydrogen-bond acceptors (Lipinski definition) is 8. The van der Waals surface area contributed by atoms with Crippen LogP contribution >= 0.6 is 0 Å². The maximum atomic E-state index is 12.3. The second-order valence-electron chi connectivity index (χ2n) is 5.30. The number of benzene rings is 1. The second-order valence-corrected chi connectivity index (χ2v) is 6.69. The van der Waals surface area contributed by atoms with E-state index >= 15 is 0 Å². The first-order valence-corrected chi connectivity index (χ1v) is 8.40. The highest BCUT2D eigenvalue weighted by Gasteiger charge is 2.21. The molecule has 1 aromatic carbocycles. The average molecular weight is 381 g/mol. The van der Waals surface area contributed by atoms with Crippen molar-refractivity contribution in [3.05, 3.63) is 39.7 Å². The maximum Gasteiger partial charge on any atom is 0.296 e. The van der Waals surface area contributed by atoms with Crippen LogP contribution in [0.15, 0.2) is 38.1 Å². The molecule has 0 saturated heterocycles. The molecule has 6 N–H and O–H groups in total. The normalized spacial score (nSPS) is 11.8. The summed E-state index contributed by atoms with van der Waals surface area (Å²) in [4.78, 5) is 23.2. The number of pyridine rings is 1. The molecule has 0 aliphatic heterocycles. The Kier molecular flexibility index (Phi) is 4.82. The van der Waals surface area contributed by atoms with E-state index in [2.05, 4.69) is 10.2 Å². The van der Waals surface area contributed by atoms with Crippen molar-refractivity contribution < 1.29 is 22.9 Å². The van der Waals surface area contributed by atoms with Gasteiger partial charge in [-0.3, -0.25) is 18.7 Å². The van der Waals surface area contributed by atoms with Crippen molar-refractivity contribution in [1.82, 2.24) is 4.57 Å². The summed E-state index contributed by atoms with van der Waals surface area (Å²) in [6.45, 7) is 1.32. The van der Waals surface area contributed by atoms with Gasteiger partial charge in [-0.25, -0.2) is 0 Å². The molecule has 0 radical (unpaired) electrons. The SMILES string of the molecule is Cc1c(C(N)=O)c(O)n(C)c(=O)c1N=Nc1cc(N)ccc1S(=O)(=O)O. The van der Waals surface area contributed by atoms with Crippen molar-refractivity contribution in [3.63, 3.8) is 0 Å². The van der Waals surface area contributed by atoms with Gasteiger partial charge < -0.3 is 16.6 Å². The standard InChI is InChI=1S/C14H15N5O6S/c1-6-10(12(16)20)13(21)19(2)14(22)11(6)18-17-8-5-7(15)3-4-9(8)26(23,24)25/h3-5,21H,15H2,1-2H3,(H2,16,20)(H,23,24,25). The molecule has 2 aromatic rings. The van der Waals surface area contributed by atoms with Crippen molar-refractivity contribution >= 4 is 33.1 Å². The predicted octanol–water partition coefficient (Wildman–Crippen LogP) is 0.743. The Bertz CT molecular complexity index is 1100. The van der Waals surface area contributed by atoms with Crippen molar-refractivity contribution in [2.75, 3.05) is 5.73 Å². The molecule has 0 fully saturated rings. The summed E-state index contributed by atoms with van der Waals surface area (Å²) in [5, 5.41) is 17.2. The number of amides is 1. The highest BCUT2D eigenvalue weighted by atomic mass is 32.2. The van der Waals surface area contributed by atoms with Crippen LogP contribution < -0.4 is 17.0 Å². The molecule has 0 aliphatic carbocycles. The third-order valence-electron chi connectivity index (χ3n) is 3.54. The van der Waals surface area contributed by atoms with Gasteiger partial charge in [0.1, 0.15) is 16.1 Å². The van der Waals surface area contributed by atoms with Crippen LogP contribution in [-0.2, 0) is 17.2 Å². The van der Waals surface area contributed by atoms with Crippen molar-refractivity contribution in [1.29, 1.82) is 0 Å². The first-order chi connectivity index (χ1) is 11.9. The largest absolute Gasteiger partial charge is 0.494 e. The number of primary amides is 1. The van der Waals surface area contributed by atoms with Crippen LogP contribution in [0.5, 0.6) is 5.88 Å². The lowest BCUT2D eigenvalue weighted by Gasteiger charge is -2.11. The van der Waals surface area contributed by atoms with Crippen LogP contribution in [-0.4, -0.2) is 28.6 Å². The molecule has 26 heavy (non-hydrogen) atoms. The number of anilines is 1.